The van der Waals surface area contributed by atoms with Crippen LogP contribution in [0.4, 0.5) is 4.79 Å². The van der Waals surface area contributed by atoms with E-state index in [4.69, 9.17) is 16.3 Å². The van der Waals surface area contributed by atoms with E-state index >= 15 is 0 Å². The van der Waals surface area contributed by atoms with E-state index in [0.717, 1.165) is 16.3 Å². The molecule has 1 aliphatic heterocycles. The number of barbiturate groups is 1. The van der Waals surface area contributed by atoms with Gasteiger partial charge in [0.2, 0.25) is 0 Å². The Kier molecular flexibility index (Phi) is 5.01. The number of ether oxygens (including phenoxy) is 1. The topological polar surface area (TPSA) is 84.5 Å². The van der Waals surface area contributed by atoms with Gasteiger partial charge in [0.05, 0.1) is 0 Å². The molecule has 0 aromatic heterocycles. The highest BCUT2D eigenvalue weighted by Gasteiger charge is 2.28. The number of hydrogen-bond donors (Lipinski definition) is 2. The van der Waals surface area contributed by atoms with Crippen LogP contribution in [-0.4, -0.2) is 17.8 Å². The lowest BCUT2D eigenvalue weighted by Crippen LogP contribution is -2.51. The van der Waals surface area contributed by atoms with E-state index in [2.05, 4.69) is 10.6 Å². The first kappa shape index (κ1) is 18.7. The number of hydrogen-bond acceptors (Lipinski definition) is 4. The summed E-state index contributed by atoms with van der Waals surface area (Å²) in [7, 11) is 0. The molecular weight excluding hydrogens is 392 g/mol. The van der Waals surface area contributed by atoms with E-state index in [1.807, 2.05) is 48.5 Å². The molecule has 0 aliphatic carbocycles. The van der Waals surface area contributed by atoms with Crippen LogP contribution in [0.25, 0.3) is 16.8 Å². The Hall–Kier alpha value is -3.64. The molecule has 4 rings (SSSR count). The summed E-state index contributed by atoms with van der Waals surface area (Å²) in [5.41, 5.74) is 1.19. The smallest absolute Gasteiger partial charge is 0.328 e. The van der Waals surface area contributed by atoms with Crippen LogP contribution >= 0.6 is 11.6 Å². The Morgan fingerprint density at radius 3 is 2.31 bits per heavy atom. The zero-order valence-electron chi connectivity index (χ0n) is 15.1. The molecule has 0 unspecified atom stereocenters. The van der Waals surface area contributed by atoms with Crippen molar-refractivity contribution >= 4 is 46.3 Å². The SMILES string of the molecule is O=C1NC(=O)C(=Cc2c(OCc3ccccc3Cl)ccc3ccccc23)C(=O)N1. The molecule has 1 saturated heterocycles. The quantitative estimate of drug-likeness (QED) is 0.509. The fourth-order valence-corrected chi connectivity index (χ4v) is 3.26. The minimum atomic E-state index is -0.842. The molecule has 3 aromatic rings. The number of benzene rings is 3. The molecule has 2 N–H and O–H groups in total. The van der Waals surface area contributed by atoms with Gasteiger partial charge in [-0.3, -0.25) is 20.2 Å². The van der Waals surface area contributed by atoms with Gasteiger partial charge in [-0.15, -0.1) is 0 Å². The molecular formula is C22H15ClN2O4. The van der Waals surface area contributed by atoms with Crippen LogP contribution in [0, 0.1) is 0 Å². The van der Waals surface area contributed by atoms with Crippen molar-refractivity contribution in [3.8, 4) is 5.75 Å². The predicted octanol–water partition coefficient (Wildman–Crippen LogP) is 3.82. The third-order valence-corrected chi connectivity index (χ3v) is 4.87. The van der Waals surface area contributed by atoms with Crippen molar-refractivity contribution in [1.82, 2.24) is 10.6 Å². The average molecular weight is 407 g/mol. The van der Waals surface area contributed by atoms with Crippen LogP contribution < -0.4 is 15.4 Å². The second-order valence-corrected chi connectivity index (χ2v) is 6.78. The molecule has 144 valence electrons. The molecule has 0 radical (unpaired) electrons. The second-order valence-electron chi connectivity index (χ2n) is 6.37. The number of imide groups is 2. The van der Waals surface area contributed by atoms with Gasteiger partial charge in [0.15, 0.2) is 0 Å². The van der Waals surface area contributed by atoms with Crippen molar-refractivity contribution in [2.45, 2.75) is 6.61 Å². The Morgan fingerprint density at radius 1 is 0.862 bits per heavy atom. The highest BCUT2D eigenvalue weighted by atomic mass is 35.5. The molecule has 0 spiro atoms. The zero-order chi connectivity index (χ0) is 20.4. The largest absolute Gasteiger partial charge is 0.488 e. The van der Waals surface area contributed by atoms with E-state index < -0.39 is 17.8 Å². The first-order chi connectivity index (χ1) is 14.0. The van der Waals surface area contributed by atoms with Gasteiger partial charge < -0.3 is 4.74 Å². The minimum absolute atomic E-state index is 0.177. The number of rotatable bonds is 4. The van der Waals surface area contributed by atoms with Gasteiger partial charge in [-0.05, 0) is 29.0 Å². The summed E-state index contributed by atoms with van der Waals surface area (Å²) in [5.74, 6) is -1.04. The Morgan fingerprint density at radius 2 is 1.55 bits per heavy atom. The van der Waals surface area contributed by atoms with E-state index in [0.29, 0.717) is 16.3 Å². The minimum Gasteiger partial charge on any atom is -0.488 e. The number of fused-ring (bicyclic) bond motifs is 1. The molecule has 0 atom stereocenters. The van der Waals surface area contributed by atoms with Crippen LogP contribution in [0.5, 0.6) is 5.75 Å². The van der Waals surface area contributed by atoms with Gasteiger partial charge in [0.1, 0.15) is 17.9 Å². The van der Waals surface area contributed by atoms with Crippen molar-refractivity contribution in [3.05, 3.63) is 82.4 Å². The van der Waals surface area contributed by atoms with Crippen LogP contribution in [-0.2, 0) is 16.2 Å². The molecule has 6 nitrogen and oxygen atoms in total. The maximum absolute atomic E-state index is 12.2. The predicted molar refractivity (Wildman–Crippen MR) is 109 cm³/mol. The highest BCUT2D eigenvalue weighted by Crippen LogP contribution is 2.31. The number of carbonyl (C=O) groups excluding carboxylic acids is 3. The van der Waals surface area contributed by atoms with Crippen molar-refractivity contribution in [2.24, 2.45) is 0 Å². The normalized spacial score (nSPS) is 13.8. The van der Waals surface area contributed by atoms with Crippen molar-refractivity contribution < 1.29 is 19.1 Å². The standard InChI is InChI=1S/C22H15ClN2O4/c23-18-8-4-2-6-14(18)12-29-19-10-9-13-5-1-3-7-15(13)16(19)11-17-20(26)24-22(28)25-21(17)27/h1-11H,12H2,(H2,24,25,26,27,28). The van der Waals surface area contributed by atoms with Gasteiger partial charge in [-0.2, -0.15) is 0 Å². The summed E-state index contributed by atoms with van der Waals surface area (Å²) in [4.78, 5) is 35.7. The molecule has 1 heterocycles. The van der Waals surface area contributed by atoms with Gasteiger partial charge >= 0.3 is 6.03 Å². The van der Waals surface area contributed by atoms with Gasteiger partial charge in [-0.1, -0.05) is 60.1 Å². The summed E-state index contributed by atoms with van der Waals surface area (Å²) in [5, 5.41) is 6.45. The van der Waals surface area contributed by atoms with Crippen molar-refractivity contribution in [2.75, 3.05) is 0 Å². The summed E-state index contributed by atoms with van der Waals surface area (Å²) in [6, 6.07) is 17.7. The summed E-state index contributed by atoms with van der Waals surface area (Å²) >= 11 is 6.20. The van der Waals surface area contributed by atoms with Crippen LogP contribution in [0.3, 0.4) is 0 Å². The Labute approximate surface area is 171 Å². The Balaban J connectivity index is 1.78. The lowest BCUT2D eigenvalue weighted by atomic mass is 10.00. The molecule has 4 amide bonds. The van der Waals surface area contributed by atoms with E-state index in [1.165, 1.54) is 6.08 Å². The Bertz CT molecular complexity index is 1160. The average Bonchev–Trinajstić information content (AvgIpc) is 2.70. The monoisotopic (exact) mass is 406 g/mol. The van der Waals surface area contributed by atoms with Gasteiger partial charge in [0.25, 0.3) is 11.8 Å². The molecule has 0 saturated carbocycles. The van der Waals surface area contributed by atoms with E-state index in [-0.39, 0.29) is 12.2 Å². The lowest BCUT2D eigenvalue weighted by Gasteiger charge is -2.16. The zero-order valence-corrected chi connectivity index (χ0v) is 15.8. The van der Waals surface area contributed by atoms with Gasteiger partial charge in [0, 0.05) is 16.1 Å². The summed E-state index contributed by atoms with van der Waals surface area (Å²) < 4.78 is 5.99. The fourth-order valence-electron chi connectivity index (χ4n) is 3.07. The van der Waals surface area contributed by atoms with Crippen LogP contribution in [0.15, 0.2) is 66.2 Å². The maximum Gasteiger partial charge on any atom is 0.328 e. The van der Waals surface area contributed by atoms with E-state index in [1.54, 1.807) is 12.1 Å². The lowest BCUT2D eigenvalue weighted by molar-refractivity contribution is -0.123. The molecule has 3 aromatic carbocycles. The molecule has 29 heavy (non-hydrogen) atoms. The fraction of sp³-hybridized carbons (Fsp3) is 0.0455. The first-order valence-corrected chi connectivity index (χ1v) is 9.17. The molecule has 1 aliphatic rings. The molecule has 0 bridgehead atoms. The van der Waals surface area contributed by atoms with Crippen LogP contribution in [0.1, 0.15) is 11.1 Å². The third-order valence-electron chi connectivity index (χ3n) is 4.50. The van der Waals surface area contributed by atoms with Crippen molar-refractivity contribution in [1.29, 1.82) is 0 Å². The van der Waals surface area contributed by atoms with Gasteiger partial charge in [-0.25, -0.2) is 4.79 Å². The van der Waals surface area contributed by atoms with Crippen molar-refractivity contribution in [3.63, 3.8) is 0 Å². The number of amides is 4. The summed E-state index contributed by atoms with van der Waals surface area (Å²) in [6.45, 7) is 0.213. The van der Waals surface area contributed by atoms with E-state index in [9.17, 15) is 14.4 Å². The first-order valence-electron chi connectivity index (χ1n) is 8.79. The number of carbonyl (C=O) groups is 3. The number of nitrogens with one attached hydrogen (secondary N) is 2. The van der Waals surface area contributed by atoms with Crippen LogP contribution in [0.2, 0.25) is 5.02 Å². The summed E-state index contributed by atoms with van der Waals surface area (Å²) in [6.07, 6.45) is 1.43. The number of halogens is 1. The maximum atomic E-state index is 12.2. The number of urea groups is 1. The highest BCUT2D eigenvalue weighted by molar-refractivity contribution is 6.32. The third kappa shape index (κ3) is 3.83. The molecule has 7 heteroatoms. The second kappa shape index (κ2) is 7.77. The molecule has 1 fully saturated rings.